The highest BCUT2D eigenvalue weighted by Crippen LogP contribution is 2.28. The van der Waals surface area contributed by atoms with Gasteiger partial charge in [0.25, 0.3) is 5.91 Å². The molecule has 3 rings (SSSR count). The summed E-state index contributed by atoms with van der Waals surface area (Å²) in [7, 11) is 0. The molecule has 3 aromatic carbocycles. The van der Waals surface area contributed by atoms with E-state index in [4.69, 9.17) is 9.47 Å². The van der Waals surface area contributed by atoms with Crippen LogP contribution in [0, 0.1) is 0 Å². The Kier molecular flexibility index (Phi) is 8.23. The number of hydrogen-bond donors (Lipinski definition) is 1. The maximum absolute atomic E-state index is 12.1. The Bertz CT molecular complexity index is 985. The van der Waals surface area contributed by atoms with E-state index in [-0.39, 0.29) is 12.5 Å². The third-order valence-electron chi connectivity index (χ3n) is 4.95. The van der Waals surface area contributed by atoms with Crippen molar-refractivity contribution in [2.24, 2.45) is 5.10 Å². The molecule has 3 aromatic rings. The lowest BCUT2D eigenvalue weighted by atomic mass is 9.98. The summed E-state index contributed by atoms with van der Waals surface area (Å²) in [6.07, 6.45) is 2.60. The van der Waals surface area contributed by atoms with Gasteiger partial charge >= 0.3 is 0 Å². The quantitative estimate of drug-likeness (QED) is 0.360. The first-order chi connectivity index (χ1) is 15.2. The van der Waals surface area contributed by atoms with Crippen molar-refractivity contribution in [3.8, 4) is 11.5 Å². The van der Waals surface area contributed by atoms with Gasteiger partial charge in [-0.1, -0.05) is 62.4 Å². The van der Waals surface area contributed by atoms with Crippen molar-refractivity contribution in [1.29, 1.82) is 0 Å². The number of nitrogens with zero attached hydrogens (tertiary/aromatic N) is 1. The molecule has 1 atom stereocenters. The van der Waals surface area contributed by atoms with Gasteiger partial charge < -0.3 is 9.47 Å². The number of benzene rings is 3. The average Bonchev–Trinajstić information content (AvgIpc) is 2.82. The van der Waals surface area contributed by atoms with Crippen LogP contribution in [0.2, 0.25) is 0 Å². The number of rotatable bonds is 10. The standard InChI is InChI=1S/C26H28N2O3/c1-3-20(2)24-11-7-8-12-25(24)31-19-26(29)28-27-17-21-13-15-23(16-14-21)30-18-22-9-5-4-6-10-22/h4-17,20H,3,18-19H2,1-2H3,(H,28,29). The second-order valence-electron chi connectivity index (χ2n) is 7.27. The lowest BCUT2D eigenvalue weighted by Gasteiger charge is -2.15. The fourth-order valence-corrected chi connectivity index (χ4v) is 2.98. The van der Waals surface area contributed by atoms with Gasteiger partial charge in [-0.05, 0) is 59.4 Å². The maximum Gasteiger partial charge on any atom is 0.277 e. The number of para-hydroxylation sites is 1. The van der Waals surface area contributed by atoms with E-state index in [2.05, 4.69) is 24.4 Å². The molecule has 0 fully saturated rings. The van der Waals surface area contributed by atoms with E-state index in [1.807, 2.05) is 78.9 Å². The first-order valence-corrected chi connectivity index (χ1v) is 10.5. The summed E-state index contributed by atoms with van der Waals surface area (Å²) >= 11 is 0. The van der Waals surface area contributed by atoms with Crippen molar-refractivity contribution in [1.82, 2.24) is 5.43 Å². The van der Waals surface area contributed by atoms with E-state index in [9.17, 15) is 4.79 Å². The van der Waals surface area contributed by atoms with Crippen LogP contribution in [0.1, 0.15) is 42.9 Å². The van der Waals surface area contributed by atoms with Gasteiger partial charge in [-0.15, -0.1) is 0 Å². The smallest absolute Gasteiger partial charge is 0.277 e. The number of carbonyl (C=O) groups excluding carboxylic acids is 1. The van der Waals surface area contributed by atoms with Crippen LogP contribution in [-0.2, 0) is 11.4 Å². The van der Waals surface area contributed by atoms with E-state index in [1.54, 1.807) is 6.21 Å². The summed E-state index contributed by atoms with van der Waals surface area (Å²) in [4.78, 5) is 12.1. The summed E-state index contributed by atoms with van der Waals surface area (Å²) in [6, 6.07) is 25.3. The van der Waals surface area contributed by atoms with Gasteiger partial charge in [0.15, 0.2) is 6.61 Å². The molecule has 0 aliphatic rings. The van der Waals surface area contributed by atoms with E-state index in [0.29, 0.717) is 12.5 Å². The van der Waals surface area contributed by atoms with Crippen LogP contribution in [0.3, 0.4) is 0 Å². The van der Waals surface area contributed by atoms with Crippen LogP contribution in [0.5, 0.6) is 11.5 Å². The minimum Gasteiger partial charge on any atom is -0.489 e. The molecule has 1 N–H and O–H groups in total. The molecule has 5 nitrogen and oxygen atoms in total. The minimum absolute atomic E-state index is 0.0863. The lowest BCUT2D eigenvalue weighted by Crippen LogP contribution is -2.24. The Morgan fingerprint density at radius 2 is 1.68 bits per heavy atom. The molecule has 1 unspecified atom stereocenters. The van der Waals surface area contributed by atoms with E-state index < -0.39 is 0 Å². The summed E-state index contributed by atoms with van der Waals surface area (Å²) in [5.74, 6) is 1.58. The average molecular weight is 417 g/mol. The summed E-state index contributed by atoms with van der Waals surface area (Å²) in [5.41, 5.74) is 5.58. The first kappa shape index (κ1) is 22.1. The highest BCUT2D eigenvalue weighted by molar-refractivity contribution is 5.83. The van der Waals surface area contributed by atoms with Crippen molar-refractivity contribution >= 4 is 12.1 Å². The number of amides is 1. The number of hydrazone groups is 1. The van der Waals surface area contributed by atoms with E-state index in [0.717, 1.165) is 34.6 Å². The van der Waals surface area contributed by atoms with Crippen LogP contribution in [0.4, 0.5) is 0 Å². The van der Waals surface area contributed by atoms with E-state index >= 15 is 0 Å². The van der Waals surface area contributed by atoms with Gasteiger partial charge in [0, 0.05) is 0 Å². The molecule has 1 amide bonds. The fraction of sp³-hybridized carbons (Fsp3) is 0.231. The predicted octanol–water partition coefficient (Wildman–Crippen LogP) is 5.31. The largest absolute Gasteiger partial charge is 0.489 e. The molecule has 5 heteroatoms. The predicted molar refractivity (Wildman–Crippen MR) is 124 cm³/mol. The third-order valence-corrected chi connectivity index (χ3v) is 4.95. The lowest BCUT2D eigenvalue weighted by molar-refractivity contribution is -0.123. The van der Waals surface area contributed by atoms with Gasteiger partial charge in [0.2, 0.25) is 0 Å². The van der Waals surface area contributed by atoms with Gasteiger partial charge in [-0.25, -0.2) is 5.43 Å². The molecule has 0 spiro atoms. The molecule has 0 heterocycles. The van der Waals surface area contributed by atoms with Crippen molar-refractivity contribution in [2.75, 3.05) is 6.61 Å². The van der Waals surface area contributed by atoms with Crippen LogP contribution in [0.15, 0.2) is 84.0 Å². The zero-order valence-electron chi connectivity index (χ0n) is 18.0. The van der Waals surface area contributed by atoms with Crippen LogP contribution >= 0.6 is 0 Å². The fourth-order valence-electron chi connectivity index (χ4n) is 2.98. The van der Waals surface area contributed by atoms with Crippen molar-refractivity contribution in [3.63, 3.8) is 0 Å². The molecular formula is C26H28N2O3. The summed E-state index contributed by atoms with van der Waals surface area (Å²) in [6.45, 7) is 4.71. The number of ether oxygens (including phenoxy) is 2. The second-order valence-corrected chi connectivity index (χ2v) is 7.27. The first-order valence-electron chi connectivity index (χ1n) is 10.5. The molecule has 0 saturated carbocycles. The van der Waals surface area contributed by atoms with Crippen molar-refractivity contribution in [2.45, 2.75) is 32.8 Å². The Labute approximate surface area is 183 Å². The summed E-state index contributed by atoms with van der Waals surface area (Å²) in [5, 5.41) is 4.01. The number of nitrogens with one attached hydrogen (secondary N) is 1. The second kappa shape index (κ2) is 11.6. The molecule has 0 saturated heterocycles. The zero-order valence-corrected chi connectivity index (χ0v) is 18.0. The Morgan fingerprint density at radius 3 is 2.42 bits per heavy atom. The molecule has 0 aliphatic heterocycles. The topological polar surface area (TPSA) is 59.9 Å². The number of hydrogen-bond acceptors (Lipinski definition) is 4. The Morgan fingerprint density at radius 1 is 0.968 bits per heavy atom. The normalized spacial score (nSPS) is 11.8. The molecule has 160 valence electrons. The van der Waals surface area contributed by atoms with Gasteiger partial charge in [-0.2, -0.15) is 5.10 Å². The van der Waals surface area contributed by atoms with Crippen LogP contribution in [0.25, 0.3) is 0 Å². The molecule has 0 aromatic heterocycles. The van der Waals surface area contributed by atoms with Crippen molar-refractivity contribution in [3.05, 3.63) is 95.6 Å². The van der Waals surface area contributed by atoms with Crippen LogP contribution in [-0.4, -0.2) is 18.7 Å². The van der Waals surface area contributed by atoms with Gasteiger partial charge in [-0.3, -0.25) is 4.79 Å². The highest BCUT2D eigenvalue weighted by Gasteiger charge is 2.10. The van der Waals surface area contributed by atoms with E-state index in [1.165, 1.54) is 0 Å². The molecular weight excluding hydrogens is 388 g/mol. The molecule has 0 bridgehead atoms. The Hall–Kier alpha value is -3.60. The minimum atomic E-state index is -0.307. The van der Waals surface area contributed by atoms with Gasteiger partial charge in [0.05, 0.1) is 6.21 Å². The van der Waals surface area contributed by atoms with Crippen LogP contribution < -0.4 is 14.9 Å². The SMILES string of the molecule is CCC(C)c1ccccc1OCC(=O)NN=Cc1ccc(OCc2ccccc2)cc1. The number of carbonyl (C=O) groups is 1. The third kappa shape index (κ3) is 7.00. The summed E-state index contributed by atoms with van der Waals surface area (Å²) < 4.78 is 11.5. The monoisotopic (exact) mass is 416 g/mol. The Balaban J connectivity index is 1.44. The molecule has 31 heavy (non-hydrogen) atoms. The van der Waals surface area contributed by atoms with Crippen molar-refractivity contribution < 1.29 is 14.3 Å². The highest BCUT2D eigenvalue weighted by atomic mass is 16.5. The molecule has 0 aliphatic carbocycles. The zero-order chi connectivity index (χ0) is 21.9. The molecule has 0 radical (unpaired) electrons. The van der Waals surface area contributed by atoms with Gasteiger partial charge in [0.1, 0.15) is 18.1 Å². The maximum atomic E-state index is 12.1.